The monoisotopic (exact) mass is 735 g/mol. The lowest BCUT2D eigenvalue weighted by molar-refractivity contribution is -0.142. The van der Waals surface area contributed by atoms with Gasteiger partial charge in [-0.05, 0) is 47.0 Å². The minimum atomic E-state index is -0.953. The van der Waals surface area contributed by atoms with Crippen molar-refractivity contribution in [2.75, 3.05) is 29.5 Å². The topological polar surface area (TPSA) is 81.2 Å². The second kappa shape index (κ2) is 13.6. The molecule has 7 atom stereocenters. The summed E-state index contributed by atoms with van der Waals surface area (Å²) in [6.07, 6.45) is 3.90. The zero-order valence-corrected chi connectivity index (χ0v) is 29.4. The Labute approximate surface area is 299 Å². The molecule has 0 radical (unpaired) electrons. The van der Waals surface area contributed by atoms with E-state index in [1.165, 1.54) is 0 Å². The highest BCUT2D eigenvalue weighted by molar-refractivity contribution is 9.09. The molecule has 3 heterocycles. The molecule has 7 rings (SSSR count). The van der Waals surface area contributed by atoms with Gasteiger partial charge in [0.05, 0.1) is 29.2 Å². The van der Waals surface area contributed by atoms with E-state index in [0.29, 0.717) is 12.1 Å². The lowest BCUT2D eigenvalue weighted by Gasteiger charge is -2.40. The molecule has 4 aromatic rings. The smallest absolute Gasteiger partial charge is 0.251 e. The summed E-state index contributed by atoms with van der Waals surface area (Å²) in [5, 5.41) is 12.8. The van der Waals surface area contributed by atoms with Gasteiger partial charge in [-0.1, -0.05) is 107 Å². The molecule has 1 N–H and O–H groups in total. The van der Waals surface area contributed by atoms with Crippen molar-refractivity contribution in [3.63, 3.8) is 0 Å². The molecule has 3 unspecified atom stereocenters. The van der Waals surface area contributed by atoms with Crippen LogP contribution in [0.25, 0.3) is 10.8 Å². The van der Waals surface area contributed by atoms with Gasteiger partial charge in [0.1, 0.15) is 6.04 Å². The highest BCUT2D eigenvalue weighted by Gasteiger charge is 2.76. The Hall–Kier alpha value is -4.18. The van der Waals surface area contributed by atoms with Crippen molar-refractivity contribution >= 4 is 67.6 Å². The summed E-state index contributed by atoms with van der Waals surface area (Å²) in [4.78, 5) is 50.0. The van der Waals surface area contributed by atoms with Crippen LogP contribution in [0.4, 0.5) is 11.4 Å². The Morgan fingerprint density at radius 1 is 0.878 bits per heavy atom. The number of anilines is 2. The van der Waals surface area contributed by atoms with Gasteiger partial charge in [0, 0.05) is 34.5 Å². The molecule has 3 fully saturated rings. The maximum absolute atomic E-state index is 15.3. The summed E-state index contributed by atoms with van der Waals surface area (Å²) in [7, 11) is 0. The van der Waals surface area contributed by atoms with Crippen molar-refractivity contribution in [1.29, 1.82) is 0 Å². The number of fused-ring (bicyclic) bond motifs is 2. The van der Waals surface area contributed by atoms with Crippen molar-refractivity contribution in [1.82, 2.24) is 4.90 Å². The fourth-order valence-electron chi connectivity index (χ4n) is 8.18. The SMILES string of the molecule is C=CCN(C(=O)C1N([C@H](CO)c2ccccc2)C(=O)[C@@H]2[C@@H](C(=O)N(CC=C)c3ccccc3)[C@@H]3SC12CC3Br)c1ccc2ccccc2c1. The second-order valence-electron chi connectivity index (χ2n) is 12.9. The van der Waals surface area contributed by atoms with E-state index in [2.05, 4.69) is 29.1 Å². The Morgan fingerprint density at radius 3 is 2.14 bits per heavy atom. The predicted molar refractivity (Wildman–Crippen MR) is 201 cm³/mol. The van der Waals surface area contributed by atoms with Crippen LogP contribution in [0.3, 0.4) is 0 Å². The number of hydrogen-bond acceptors (Lipinski definition) is 5. The minimum absolute atomic E-state index is 0.107. The molecule has 4 aromatic carbocycles. The number of thioether (sulfide) groups is 1. The number of amides is 3. The molecule has 1 spiro atoms. The van der Waals surface area contributed by atoms with Crippen molar-refractivity contribution < 1.29 is 19.5 Å². The summed E-state index contributed by atoms with van der Waals surface area (Å²) >= 11 is 5.49. The molecule has 0 aromatic heterocycles. The van der Waals surface area contributed by atoms with E-state index in [-0.39, 0.29) is 47.5 Å². The molecule has 2 bridgehead atoms. The number of halogens is 1. The fourth-order valence-corrected chi connectivity index (χ4v) is 11.8. The fraction of sp³-hybridized carbons (Fsp3) is 0.275. The van der Waals surface area contributed by atoms with Crippen molar-refractivity contribution in [3.05, 3.63) is 134 Å². The van der Waals surface area contributed by atoms with Crippen molar-refractivity contribution in [3.8, 4) is 0 Å². The first-order valence-electron chi connectivity index (χ1n) is 16.5. The van der Waals surface area contributed by atoms with E-state index in [4.69, 9.17) is 0 Å². The third kappa shape index (κ3) is 5.52. The van der Waals surface area contributed by atoms with Crippen LogP contribution in [0, 0.1) is 11.8 Å². The van der Waals surface area contributed by atoms with Crippen LogP contribution >= 0.6 is 27.7 Å². The molecule has 3 amide bonds. The van der Waals surface area contributed by atoms with Crippen LogP contribution in [0.5, 0.6) is 0 Å². The Kier molecular flexibility index (Phi) is 9.26. The van der Waals surface area contributed by atoms with Gasteiger partial charge in [-0.15, -0.1) is 24.9 Å². The van der Waals surface area contributed by atoms with E-state index in [0.717, 1.165) is 22.0 Å². The zero-order chi connectivity index (χ0) is 34.3. The van der Waals surface area contributed by atoms with E-state index >= 15 is 9.59 Å². The van der Waals surface area contributed by atoms with Gasteiger partial charge in [-0.2, -0.15) is 0 Å². The number of benzene rings is 4. The average molecular weight is 737 g/mol. The molecular weight excluding hydrogens is 698 g/mol. The van der Waals surface area contributed by atoms with Crippen LogP contribution < -0.4 is 9.80 Å². The summed E-state index contributed by atoms with van der Waals surface area (Å²) in [6, 6.07) is 30.9. The number of aliphatic hydroxyl groups excluding tert-OH is 1. The first-order valence-corrected chi connectivity index (χ1v) is 18.3. The number of carbonyl (C=O) groups is 3. The minimum Gasteiger partial charge on any atom is -0.394 e. The highest BCUT2D eigenvalue weighted by Crippen LogP contribution is 2.69. The molecule has 7 nitrogen and oxygen atoms in total. The zero-order valence-electron chi connectivity index (χ0n) is 27.0. The first-order chi connectivity index (χ1) is 23.8. The Bertz CT molecular complexity index is 1910. The summed E-state index contributed by atoms with van der Waals surface area (Å²) < 4.78 is -0.914. The molecule has 0 aliphatic carbocycles. The van der Waals surface area contributed by atoms with E-state index in [1.54, 1.807) is 38.6 Å². The molecular formula is C40H38BrN3O4S. The van der Waals surface area contributed by atoms with E-state index in [1.807, 2.05) is 103 Å². The Balaban J connectivity index is 1.37. The number of rotatable bonds is 11. The van der Waals surface area contributed by atoms with Crippen LogP contribution in [0.1, 0.15) is 18.0 Å². The molecule has 3 aliphatic heterocycles. The van der Waals surface area contributed by atoms with Crippen molar-refractivity contribution in [2.45, 2.75) is 33.3 Å². The number of carbonyl (C=O) groups excluding carboxylic acids is 3. The first kappa shape index (κ1) is 33.3. The molecule has 49 heavy (non-hydrogen) atoms. The third-order valence-electron chi connectivity index (χ3n) is 10.2. The van der Waals surface area contributed by atoms with Gasteiger partial charge in [-0.25, -0.2) is 0 Å². The average Bonchev–Trinajstić information content (AvgIpc) is 3.73. The van der Waals surface area contributed by atoms with Gasteiger partial charge in [-0.3, -0.25) is 14.4 Å². The van der Waals surface area contributed by atoms with Crippen LogP contribution in [-0.4, -0.2) is 68.3 Å². The lowest BCUT2D eigenvalue weighted by atomic mass is 9.70. The summed E-state index contributed by atoms with van der Waals surface area (Å²) in [5.41, 5.74) is 2.14. The molecule has 9 heteroatoms. The van der Waals surface area contributed by atoms with Crippen molar-refractivity contribution in [2.24, 2.45) is 11.8 Å². The van der Waals surface area contributed by atoms with Gasteiger partial charge >= 0.3 is 0 Å². The van der Waals surface area contributed by atoms with Crippen LogP contribution in [0.15, 0.2) is 128 Å². The molecule has 250 valence electrons. The summed E-state index contributed by atoms with van der Waals surface area (Å²) in [5.74, 6) is -2.17. The highest BCUT2D eigenvalue weighted by atomic mass is 79.9. The maximum atomic E-state index is 15.3. The van der Waals surface area contributed by atoms with Crippen LogP contribution in [0.2, 0.25) is 0 Å². The molecule has 0 saturated carbocycles. The predicted octanol–water partition coefficient (Wildman–Crippen LogP) is 6.78. The number of aliphatic hydroxyl groups is 1. The van der Waals surface area contributed by atoms with Gasteiger partial charge in [0.2, 0.25) is 11.8 Å². The van der Waals surface area contributed by atoms with Crippen LogP contribution in [-0.2, 0) is 14.4 Å². The number of alkyl halides is 1. The maximum Gasteiger partial charge on any atom is 0.251 e. The van der Waals surface area contributed by atoms with E-state index < -0.39 is 28.7 Å². The Morgan fingerprint density at radius 2 is 1.49 bits per heavy atom. The van der Waals surface area contributed by atoms with Gasteiger partial charge < -0.3 is 19.8 Å². The quantitative estimate of drug-likeness (QED) is 0.136. The number of likely N-dealkylation sites (tertiary alicyclic amines) is 1. The molecule has 3 aliphatic rings. The number of nitrogens with zero attached hydrogens (tertiary/aromatic N) is 3. The standard InChI is InChI=1S/C40H38BrN3O4S/c1-3-21-42(29-17-9-6-10-18-29)37(46)33-34-38(47)44(32(25-45)27-14-7-5-8-15-27)36(40(34)24-31(41)35(33)49-40)39(48)43(22-4-2)30-20-19-26-13-11-12-16-28(26)23-30/h3-20,23,31-36,45H,1-2,21-22,24-25H2/t31?,32-,33-,34+,35-,36?,40?/m1/s1. The third-order valence-corrected chi connectivity index (χ3v) is 13.4. The summed E-state index contributed by atoms with van der Waals surface area (Å²) in [6.45, 7) is 8.00. The largest absolute Gasteiger partial charge is 0.394 e. The number of hydrogen-bond donors (Lipinski definition) is 1. The normalized spacial score (nSPS) is 26.0. The van der Waals surface area contributed by atoms with Gasteiger partial charge in [0.15, 0.2) is 0 Å². The number of para-hydroxylation sites is 1. The second-order valence-corrected chi connectivity index (χ2v) is 15.6. The van der Waals surface area contributed by atoms with Gasteiger partial charge in [0.25, 0.3) is 5.91 Å². The van der Waals surface area contributed by atoms with E-state index in [9.17, 15) is 9.90 Å². The lowest BCUT2D eigenvalue weighted by Crippen LogP contribution is -2.56. The molecule has 3 saturated heterocycles.